The molecule has 1 amide bonds. The first-order valence-electron chi connectivity index (χ1n) is 6.52. The molecular weight excluding hydrogens is 248 g/mol. The molecule has 1 aliphatic heterocycles. The average molecular weight is 268 g/mol. The number of hydrogen-bond donors (Lipinski definition) is 2. The smallest absolute Gasteiger partial charge is 0.227 e. The molecule has 0 bridgehead atoms. The quantitative estimate of drug-likeness (QED) is 0.766. The van der Waals surface area contributed by atoms with E-state index in [0.717, 1.165) is 0 Å². The lowest BCUT2D eigenvalue weighted by molar-refractivity contribution is -0.135. The van der Waals surface area contributed by atoms with Crippen LogP contribution in [0.3, 0.4) is 0 Å². The Morgan fingerprint density at radius 3 is 2.79 bits per heavy atom. The van der Waals surface area contributed by atoms with Gasteiger partial charge in [-0.15, -0.1) is 0 Å². The van der Waals surface area contributed by atoms with E-state index in [2.05, 4.69) is 15.5 Å². The largest absolute Gasteiger partial charge is 0.381 e. The summed E-state index contributed by atoms with van der Waals surface area (Å²) in [4.78, 5) is 16.3. The lowest BCUT2D eigenvalue weighted by atomic mass is 9.79. The van der Waals surface area contributed by atoms with Gasteiger partial charge in [-0.2, -0.15) is 4.98 Å². The molecule has 0 saturated carbocycles. The molecule has 7 heteroatoms. The fourth-order valence-electron chi connectivity index (χ4n) is 2.20. The maximum Gasteiger partial charge on any atom is 0.227 e. The monoisotopic (exact) mass is 268 g/mol. The summed E-state index contributed by atoms with van der Waals surface area (Å²) in [5, 5.41) is 6.69. The van der Waals surface area contributed by atoms with Crippen LogP contribution >= 0.6 is 0 Å². The Labute approximate surface area is 111 Å². The molecule has 1 aliphatic rings. The summed E-state index contributed by atoms with van der Waals surface area (Å²) in [5.41, 5.74) is 5.29. The van der Waals surface area contributed by atoms with Crippen molar-refractivity contribution in [1.82, 2.24) is 15.5 Å². The number of amides is 1. The number of nitrogens with zero attached hydrogens (tertiary/aromatic N) is 2. The van der Waals surface area contributed by atoms with Crippen molar-refractivity contribution in [2.45, 2.75) is 26.2 Å². The van der Waals surface area contributed by atoms with Gasteiger partial charge in [0.2, 0.25) is 11.8 Å². The number of carbonyl (C=O) groups is 1. The van der Waals surface area contributed by atoms with Crippen molar-refractivity contribution in [1.29, 1.82) is 0 Å². The summed E-state index contributed by atoms with van der Waals surface area (Å²) in [7, 11) is 0. The molecule has 3 N–H and O–H groups in total. The van der Waals surface area contributed by atoms with Gasteiger partial charge in [0.1, 0.15) is 0 Å². The van der Waals surface area contributed by atoms with E-state index < -0.39 is 5.41 Å². The maximum absolute atomic E-state index is 12.2. The number of ether oxygens (including phenoxy) is 1. The van der Waals surface area contributed by atoms with E-state index >= 15 is 0 Å². The zero-order valence-corrected chi connectivity index (χ0v) is 11.1. The van der Waals surface area contributed by atoms with Gasteiger partial charge in [-0.1, -0.05) is 5.16 Å². The average Bonchev–Trinajstić information content (AvgIpc) is 2.85. The van der Waals surface area contributed by atoms with Gasteiger partial charge < -0.3 is 20.3 Å². The van der Waals surface area contributed by atoms with Crippen LogP contribution in [0.15, 0.2) is 4.52 Å². The van der Waals surface area contributed by atoms with Crippen LogP contribution in [0, 0.1) is 12.3 Å². The third-order valence-corrected chi connectivity index (χ3v) is 3.53. The highest BCUT2D eigenvalue weighted by molar-refractivity contribution is 5.83. The Bertz CT molecular complexity index is 426. The molecular formula is C12H20N4O3. The van der Waals surface area contributed by atoms with Gasteiger partial charge in [-0.25, -0.2) is 0 Å². The van der Waals surface area contributed by atoms with E-state index in [4.69, 9.17) is 15.0 Å². The second-order valence-electron chi connectivity index (χ2n) is 4.83. The molecule has 1 saturated heterocycles. The van der Waals surface area contributed by atoms with E-state index in [0.29, 0.717) is 57.3 Å². The molecule has 0 aromatic carbocycles. The molecule has 1 aromatic heterocycles. The number of rotatable bonds is 5. The van der Waals surface area contributed by atoms with Crippen LogP contribution in [0.4, 0.5) is 0 Å². The van der Waals surface area contributed by atoms with Crippen molar-refractivity contribution in [3.63, 3.8) is 0 Å². The normalized spacial score (nSPS) is 18.2. The van der Waals surface area contributed by atoms with Crippen LogP contribution < -0.4 is 11.1 Å². The first kappa shape index (κ1) is 14.0. The third kappa shape index (κ3) is 3.30. The maximum atomic E-state index is 12.2. The fourth-order valence-corrected chi connectivity index (χ4v) is 2.20. The molecule has 2 heterocycles. The number of aromatic nitrogens is 2. The molecule has 0 unspecified atom stereocenters. The number of carbonyl (C=O) groups excluding carboxylic acids is 1. The van der Waals surface area contributed by atoms with E-state index in [1.807, 2.05) is 0 Å². The molecule has 0 aliphatic carbocycles. The highest BCUT2D eigenvalue weighted by Crippen LogP contribution is 2.29. The minimum atomic E-state index is -0.481. The summed E-state index contributed by atoms with van der Waals surface area (Å²) >= 11 is 0. The summed E-state index contributed by atoms with van der Waals surface area (Å²) in [6, 6.07) is 0. The SMILES string of the molecule is Cc1nc(CCNC(=O)C2(CN)CCOCC2)no1. The van der Waals surface area contributed by atoms with Crippen LogP contribution in [0.5, 0.6) is 0 Å². The van der Waals surface area contributed by atoms with Crippen LogP contribution in [0.1, 0.15) is 24.6 Å². The Morgan fingerprint density at radius 1 is 1.47 bits per heavy atom. The fraction of sp³-hybridized carbons (Fsp3) is 0.750. The Hall–Kier alpha value is -1.47. The van der Waals surface area contributed by atoms with Gasteiger partial charge in [0.15, 0.2) is 5.82 Å². The van der Waals surface area contributed by atoms with Crippen LogP contribution in [-0.4, -0.2) is 42.4 Å². The summed E-state index contributed by atoms with van der Waals surface area (Å²) in [6.45, 7) is 3.76. The molecule has 0 radical (unpaired) electrons. The third-order valence-electron chi connectivity index (χ3n) is 3.53. The second-order valence-corrected chi connectivity index (χ2v) is 4.83. The van der Waals surface area contributed by atoms with E-state index in [1.165, 1.54) is 0 Å². The zero-order chi connectivity index (χ0) is 13.7. The zero-order valence-electron chi connectivity index (χ0n) is 11.1. The minimum Gasteiger partial charge on any atom is -0.381 e. The van der Waals surface area contributed by atoms with Crippen molar-refractivity contribution in [2.24, 2.45) is 11.1 Å². The van der Waals surface area contributed by atoms with Crippen molar-refractivity contribution >= 4 is 5.91 Å². The summed E-state index contributed by atoms with van der Waals surface area (Å²) in [6.07, 6.45) is 1.91. The molecule has 2 rings (SSSR count). The van der Waals surface area contributed by atoms with Gasteiger partial charge in [0, 0.05) is 39.6 Å². The van der Waals surface area contributed by atoms with Crippen LogP contribution in [0.25, 0.3) is 0 Å². The standard InChI is InChI=1S/C12H20N4O3/c1-9-15-10(16-19-9)2-5-14-11(17)12(8-13)3-6-18-7-4-12/h2-8,13H2,1H3,(H,14,17). The molecule has 0 atom stereocenters. The van der Waals surface area contributed by atoms with Crippen molar-refractivity contribution < 1.29 is 14.1 Å². The number of nitrogens with two attached hydrogens (primary N) is 1. The number of aryl methyl sites for hydroxylation is 1. The predicted molar refractivity (Wildman–Crippen MR) is 67.3 cm³/mol. The molecule has 106 valence electrons. The lowest BCUT2D eigenvalue weighted by Gasteiger charge is -2.34. The molecule has 0 spiro atoms. The van der Waals surface area contributed by atoms with Gasteiger partial charge in [-0.05, 0) is 12.8 Å². The van der Waals surface area contributed by atoms with Crippen LogP contribution in [-0.2, 0) is 16.0 Å². The van der Waals surface area contributed by atoms with Gasteiger partial charge >= 0.3 is 0 Å². The predicted octanol–water partition coefficient (Wildman–Crippen LogP) is -0.208. The molecule has 19 heavy (non-hydrogen) atoms. The van der Waals surface area contributed by atoms with Gasteiger partial charge in [-0.3, -0.25) is 4.79 Å². The number of nitrogens with one attached hydrogen (secondary N) is 1. The first-order chi connectivity index (χ1) is 9.16. The van der Waals surface area contributed by atoms with Crippen molar-refractivity contribution in [3.8, 4) is 0 Å². The van der Waals surface area contributed by atoms with Crippen molar-refractivity contribution in [2.75, 3.05) is 26.3 Å². The van der Waals surface area contributed by atoms with E-state index in [-0.39, 0.29) is 5.91 Å². The Kier molecular flexibility index (Phi) is 4.49. The molecule has 1 fully saturated rings. The van der Waals surface area contributed by atoms with Crippen LogP contribution in [0.2, 0.25) is 0 Å². The highest BCUT2D eigenvalue weighted by atomic mass is 16.5. The first-order valence-corrected chi connectivity index (χ1v) is 6.52. The van der Waals surface area contributed by atoms with Gasteiger partial charge in [0.25, 0.3) is 0 Å². The van der Waals surface area contributed by atoms with Crippen molar-refractivity contribution in [3.05, 3.63) is 11.7 Å². The number of hydrogen-bond acceptors (Lipinski definition) is 6. The topological polar surface area (TPSA) is 103 Å². The summed E-state index contributed by atoms with van der Waals surface area (Å²) < 4.78 is 10.2. The minimum absolute atomic E-state index is 0.00137. The summed E-state index contributed by atoms with van der Waals surface area (Å²) in [5.74, 6) is 1.13. The molecule has 7 nitrogen and oxygen atoms in total. The van der Waals surface area contributed by atoms with E-state index in [9.17, 15) is 4.79 Å². The Balaban J connectivity index is 1.82. The molecule has 1 aromatic rings. The Morgan fingerprint density at radius 2 is 2.21 bits per heavy atom. The second kappa shape index (κ2) is 6.12. The lowest BCUT2D eigenvalue weighted by Crippen LogP contribution is -2.49. The highest BCUT2D eigenvalue weighted by Gasteiger charge is 2.38. The van der Waals surface area contributed by atoms with E-state index in [1.54, 1.807) is 6.92 Å². The van der Waals surface area contributed by atoms with Gasteiger partial charge in [0.05, 0.1) is 5.41 Å².